The second-order valence-corrected chi connectivity index (χ2v) is 13.9. The Morgan fingerprint density at radius 3 is 1.49 bits per heavy atom. The van der Waals surface area contributed by atoms with Crippen LogP contribution in [0.2, 0.25) is 0 Å². The van der Waals surface area contributed by atoms with Crippen molar-refractivity contribution in [2.75, 3.05) is 38.9 Å². The van der Waals surface area contributed by atoms with Crippen LogP contribution in [0, 0.1) is 0 Å². The van der Waals surface area contributed by atoms with Crippen molar-refractivity contribution in [2.45, 2.75) is 71.5 Å². The number of nitrogens with two attached hydrogens (primary N) is 1. The monoisotopic (exact) mass is 677 g/mol. The van der Waals surface area contributed by atoms with Crippen LogP contribution in [0.1, 0.15) is 55.4 Å². The molecule has 0 amide bonds. The lowest BCUT2D eigenvalue weighted by Crippen LogP contribution is -2.53. The van der Waals surface area contributed by atoms with Gasteiger partial charge in [0, 0.05) is 47.4 Å². The number of hydrogen-bond donors (Lipinski definition) is 8. The Kier molecular flexibility index (Phi) is 16.6. The van der Waals surface area contributed by atoms with Gasteiger partial charge in [-0.2, -0.15) is 0 Å². The Morgan fingerprint density at radius 1 is 0.711 bits per heavy atom. The summed E-state index contributed by atoms with van der Waals surface area (Å²) in [6, 6.07) is 8.26. The average molecular weight is 678 g/mol. The molecule has 0 aliphatic heterocycles. The number of para-hydroxylation sites is 2. The molecule has 2 atom stereocenters. The zero-order valence-corrected chi connectivity index (χ0v) is 27.7. The lowest BCUT2D eigenvalue weighted by Gasteiger charge is -2.42. The van der Waals surface area contributed by atoms with Crippen LogP contribution >= 0.6 is 15.2 Å². The summed E-state index contributed by atoms with van der Waals surface area (Å²) in [6.45, 7) is 2.97. The summed E-state index contributed by atoms with van der Waals surface area (Å²) >= 11 is 0. The average Bonchev–Trinajstić information content (AvgIpc) is 2.96. The zero-order valence-electron chi connectivity index (χ0n) is 25.9. The fourth-order valence-corrected chi connectivity index (χ4v) is 7.05. The minimum atomic E-state index is -4.73. The van der Waals surface area contributed by atoms with Crippen molar-refractivity contribution in [2.24, 2.45) is 5.73 Å². The van der Waals surface area contributed by atoms with Gasteiger partial charge in [0.1, 0.15) is 24.1 Å². The number of rotatable bonds is 22. The SMILES string of the molecule is CCOc1c(CO)cccc1CN(CP(=O)(O)O)C(CO)C(CCCCN)N(Cc1cccc(CO)c1OCC)CP(=O)(O)O. The summed E-state index contributed by atoms with van der Waals surface area (Å²) < 4.78 is 36.6. The van der Waals surface area contributed by atoms with E-state index in [9.17, 15) is 44.0 Å². The molecule has 14 nitrogen and oxygen atoms in total. The van der Waals surface area contributed by atoms with Crippen molar-refractivity contribution in [3.8, 4) is 11.5 Å². The van der Waals surface area contributed by atoms with Crippen LogP contribution in [0.15, 0.2) is 36.4 Å². The topological polar surface area (TPSA) is 227 Å². The summed E-state index contributed by atoms with van der Waals surface area (Å²) in [6.07, 6.45) is -0.154. The van der Waals surface area contributed by atoms with E-state index in [-0.39, 0.29) is 45.9 Å². The molecule has 0 heterocycles. The minimum absolute atomic E-state index is 0.0635. The van der Waals surface area contributed by atoms with E-state index >= 15 is 0 Å². The highest BCUT2D eigenvalue weighted by Crippen LogP contribution is 2.41. The van der Waals surface area contributed by atoms with E-state index in [0.717, 1.165) is 0 Å². The number of ether oxygens (including phenoxy) is 2. The molecule has 0 aromatic heterocycles. The van der Waals surface area contributed by atoms with Crippen molar-refractivity contribution in [3.05, 3.63) is 58.7 Å². The molecule has 45 heavy (non-hydrogen) atoms. The smallest absolute Gasteiger partial charge is 0.339 e. The van der Waals surface area contributed by atoms with E-state index < -0.39 is 46.5 Å². The Bertz CT molecular complexity index is 1270. The van der Waals surface area contributed by atoms with Gasteiger partial charge in [-0.25, -0.2) is 0 Å². The van der Waals surface area contributed by atoms with Crippen LogP contribution in [-0.2, 0) is 35.4 Å². The Morgan fingerprint density at radius 2 is 1.13 bits per heavy atom. The van der Waals surface area contributed by atoms with E-state index in [1.54, 1.807) is 50.2 Å². The van der Waals surface area contributed by atoms with Gasteiger partial charge in [0.15, 0.2) is 0 Å². The molecule has 2 aromatic rings. The molecule has 0 saturated heterocycles. The van der Waals surface area contributed by atoms with Crippen molar-refractivity contribution in [3.63, 3.8) is 0 Å². The highest BCUT2D eigenvalue weighted by atomic mass is 31.2. The second kappa shape index (κ2) is 19.0. The van der Waals surface area contributed by atoms with Crippen LogP contribution < -0.4 is 15.2 Å². The van der Waals surface area contributed by atoms with Gasteiger partial charge in [0.05, 0.1) is 33.0 Å². The van der Waals surface area contributed by atoms with Gasteiger partial charge >= 0.3 is 15.2 Å². The maximum atomic E-state index is 12.5. The molecule has 0 radical (unpaired) electrons. The van der Waals surface area contributed by atoms with Crippen LogP contribution in [0.5, 0.6) is 11.5 Å². The van der Waals surface area contributed by atoms with Crippen LogP contribution in [0.25, 0.3) is 0 Å². The fraction of sp³-hybridized carbons (Fsp3) is 0.586. The van der Waals surface area contributed by atoms with Gasteiger partial charge in [0.25, 0.3) is 0 Å². The van der Waals surface area contributed by atoms with Crippen molar-refractivity contribution >= 4 is 15.2 Å². The number of unbranched alkanes of at least 4 members (excludes halogenated alkanes) is 1. The summed E-state index contributed by atoms with van der Waals surface area (Å²) in [7, 11) is -9.43. The van der Waals surface area contributed by atoms with Gasteiger partial charge in [-0.1, -0.05) is 42.8 Å². The molecule has 0 aliphatic rings. The highest BCUT2D eigenvalue weighted by Gasteiger charge is 2.37. The standard InChI is InChI=1S/C29H49N3O11P2/c1-3-42-28-22(9-7-11-24(28)17-33)15-31(20-44(36,37)38)26(13-5-6-14-30)27(19-35)32(21-45(39,40)41)16-23-10-8-12-25(18-34)29(23)43-4-2/h7-12,26-27,33-35H,3-6,13-21,30H2,1-2H3,(H2,36,37,38)(H2,39,40,41). The van der Waals surface area contributed by atoms with Gasteiger partial charge in [-0.05, 0) is 33.2 Å². The third-order valence-electron chi connectivity index (χ3n) is 7.28. The van der Waals surface area contributed by atoms with E-state index in [1.165, 1.54) is 9.80 Å². The first kappa shape index (κ1) is 39.3. The molecule has 256 valence electrons. The van der Waals surface area contributed by atoms with Crippen LogP contribution in [0.4, 0.5) is 0 Å². The Hall–Kier alpha value is -1.90. The third-order valence-corrected chi connectivity index (χ3v) is 8.74. The first-order valence-corrected chi connectivity index (χ1v) is 18.5. The summed E-state index contributed by atoms with van der Waals surface area (Å²) in [5, 5.41) is 30.7. The van der Waals surface area contributed by atoms with Gasteiger partial charge in [0.2, 0.25) is 0 Å². The molecular weight excluding hydrogens is 628 g/mol. The van der Waals surface area contributed by atoms with Gasteiger partial charge in [-0.3, -0.25) is 18.9 Å². The molecule has 0 bridgehead atoms. The van der Waals surface area contributed by atoms with Crippen molar-refractivity contribution in [1.82, 2.24) is 9.80 Å². The Balaban J connectivity index is 2.72. The first-order chi connectivity index (χ1) is 21.3. The molecule has 2 aromatic carbocycles. The normalized spacial score (nSPS) is 13.8. The number of nitrogens with zero attached hydrogens (tertiary/aromatic N) is 2. The molecule has 2 rings (SSSR count). The largest absolute Gasteiger partial charge is 0.493 e. The van der Waals surface area contributed by atoms with E-state index in [0.29, 0.717) is 53.1 Å². The lowest BCUT2D eigenvalue weighted by molar-refractivity contribution is 0.0379. The predicted octanol–water partition coefficient (Wildman–Crippen LogP) is 1.90. The summed E-state index contributed by atoms with van der Waals surface area (Å²) in [4.78, 5) is 43.5. The number of aliphatic hydroxyl groups is 3. The molecule has 16 heteroatoms. The Labute approximate surface area is 264 Å². The summed E-state index contributed by atoms with van der Waals surface area (Å²) in [5.41, 5.74) is 7.75. The number of hydrogen-bond acceptors (Lipinski definition) is 10. The van der Waals surface area contributed by atoms with Crippen LogP contribution in [0.3, 0.4) is 0 Å². The molecule has 9 N–H and O–H groups in total. The number of aliphatic hydroxyl groups excluding tert-OH is 3. The maximum absolute atomic E-state index is 12.5. The molecule has 0 aliphatic carbocycles. The van der Waals surface area contributed by atoms with E-state index in [2.05, 4.69) is 0 Å². The zero-order chi connectivity index (χ0) is 33.6. The highest BCUT2D eigenvalue weighted by molar-refractivity contribution is 7.51. The van der Waals surface area contributed by atoms with Gasteiger partial charge < -0.3 is 50.1 Å². The molecule has 0 fully saturated rings. The van der Waals surface area contributed by atoms with Crippen LogP contribution in [-0.4, -0.2) is 95.7 Å². The van der Waals surface area contributed by atoms with Gasteiger partial charge in [-0.15, -0.1) is 0 Å². The molecular formula is C29H49N3O11P2. The van der Waals surface area contributed by atoms with E-state index in [1.807, 2.05) is 0 Å². The van der Waals surface area contributed by atoms with Crippen molar-refractivity contribution in [1.29, 1.82) is 0 Å². The van der Waals surface area contributed by atoms with Crippen molar-refractivity contribution < 1.29 is 53.5 Å². The lowest BCUT2D eigenvalue weighted by atomic mass is 9.97. The molecule has 2 unspecified atom stereocenters. The predicted molar refractivity (Wildman–Crippen MR) is 170 cm³/mol. The molecule has 0 spiro atoms. The quantitative estimate of drug-likeness (QED) is 0.0658. The second-order valence-electron chi connectivity index (χ2n) is 10.7. The fourth-order valence-electron chi connectivity index (χ4n) is 5.49. The van der Waals surface area contributed by atoms with E-state index in [4.69, 9.17) is 15.2 Å². The summed E-state index contributed by atoms with van der Waals surface area (Å²) in [5.74, 6) is 0.720. The first-order valence-electron chi connectivity index (χ1n) is 14.9. The third kappa shape index (κ3) is 12.7. The maximum Gasteiger partial charge on any atom is 0.339 e. The molecule has 0 saturated carbocycles. The number of benzene rings is 2. The minimum Gasteiger partial charge on any atom is -0.493 e.